The van der Waals surface area contributed by atoms with Crippen molar-refractivity contribution < 1.29 is 4.74 Å². The molecule has 0 aromatic heterocycles. The first-order valence-electron chi connectivity index (χ1n) is 5.84. The van der Waals surface area contributed by atoms with Crippen LogP contribution in [0.2, 0.25) is 0 Å². The Morgan fingerprint density at radius 3 is 2.50 bits per heavy atom. The number of hydrogen-bond donors (Lipinski definition) is 0. The average molecular weight is 239 g/mol. The summed E-state index contributed by atoms with van der Waals surface area (Å²) in [5.74, 6) is 1.21. The molecule has 0 saturated carbocycles. The van der Waals surface area contributed by atoms with Gasteiger partial charge in [-0.1, -0.05) is 32.0 Å². The van der Waals surface area contributed by atoms with Crippen LogP contribution >= 0.6 is 11.6 Å². The molecule has 1 aliphatic heterocycles. The lowest BCUT2D eigenvalue weighted by Gasteiger charge is -2.41. The van der Waals surface area contributed by atoms with Gasteiger partial charge in [-0.25, -0.2) is 0 Å². The van der Waals surface area contributed by atoms with Gasteiger partial charge in [0.05, 0.1) is 18.6 Å². The van der Waals surface area contributed by atoms with Crippen molar-refractivity contribution in [3.63, 3.8) is 0 Å². The highest BCUT2D eigenvalue weighted by Crippen LogP contribution is 2.36. The molecule has 2 rings (SSSR count). The van der Waals surface area contributed by atoms with Crippen LogP contribution in [0.15, 0.2) is 18.2 Å². The van der Waals surface area contributed by atoms with Crippen LogP contribution in [-0.2, 0) is 10.2 Å². The molecule has 0 N–H and O–H groups in total. The Balaban J connectivity index is 2.42. The first-order valence-corrected chi connectivity index (χ1v) is 6.37. The quantitative estimate of drug-likeness (QED) is 0.731. The monoisotopic (exact) mass is 238 g/mol. The van der Waals surface area contributed by atoms with Crippen molar-refractivity contribution in [2.45, 2.75) is 32.1 Å². The Hall–Kier alpha value is -0.530. The van der Waals surface area contributed by atoms with E-state index in [0.717, 1.165) is 13.2 Å². The SMILES string of the molecule is Cc1ccc(C(C)C)cc1C1(CCl)COC1. The van der Waals surface area contributed by atoms with E-state index >= 15 is 0 Å². The number of hydrogen-bond acceptors (Lipinski definition) is 1. The van der Waals surface area contributed by atoms with Crippen LogP contribution in [0.1, 0.15) is 36.5 Å². The molecule has 0 unspecified atom stereocenters. The fourth-order valence-electron chi connectivity index (χ4n) is 2.22. The van der Waals surface area contributed by atoms with E-state index in [1.165, 1.54) is 16.7 Å². The van der Waals surface area contributed by atoms with Crippen molar-refractivity contribution in [1.82, 2.24) is 0 Å². The summed E-state index contributed by atoms with van der Waals surface area (Å²) in [6, 6.07) is 6.73. The maximum atomic E-state index is 6.12. The number of aryl methyl sites for hydroxylation is 1. The van der Waals surface area contributed by atoms with Gasteiger partial charge in [0.1, 0.15) is 0 Å². The largest absolute Gasteiger partial charge is 0.379 e. The normalized spacial score (nSPS) is 18.6. The van der Waals surface area contributed by atoms with Crippen molar-refractivity contribution in [3.05, 3.63) is 34.9 Å². The number of rotatable bonds is 3. The van der Waals surface area contributed by atoms with Gasteiger partial charge in [-0.15, -0.1) is 11.6 Å². The lowest BCUT2D eigenvalue weighted by atomic mass is 9.77. The molecule has 1 nitrogen and oxygen atoms in total. The van der Waals surface area contributed by atoms with Gasteiger partial charge in [-0.2, -0.15) is 0 Å². The molecule has 1 fully saturated rings. The van der Waals surface area contributed by atoms with Crippen LogP contribution in [0, 0.1) is 6.92 Å². The second-order valence-corrected chi connectivity index (χ2v) is 5.40. The topological polar surface area (TPSA) is 9.23 Å². The molecule has 0 amide bonds. The third kappa shape index (κ3) is 1.87. The van der Waals surface area contributed by atoms with Crippen molar-refractivity contribution >= 4 is 11.6 Å². The van der Waals surface area contributed by atoms with Crippen LogP contribution in [0.5, 0.6) is 0 Å². The Morgan fingerprint density at radius 1 is 1.38 bits per heavy atom. The molecule has 0 atom stereocenters. The van der Waals surface area contributed by atoms with Gasteiger partial charge in [0, 0.05) is 5.88 Å². The van der Waals surface area contributed by atoms with Crippen LogP contribution in [0.4, 0.5) is 0 Å². The van der Waals surface area contributed by atoms with Crippen molar-refractivity contribution in [2.24, 2.45) is 0 Å². The Morgan fingerprint density at radius 2 is 2.06 bits per heavy atom. The standard InChI is InChI=1S/C14H19ClO/c1-10(2)12-5-4-11(3)13(6-12)14(7-15)8-16-9-14/h4-6,10H,7-9H2,1-3H3. The molecule has 88 valence electrons. The highest BCUT2D eigenvalue weighted by atomic mass is 35.5. The summed E-state index contributed by atoms with van der Waals surface area (Å²) in [6.07, 6.45) is 0. The van der Waals surface area contributed by atoms with Crippen LogP contribution < -0.4 is 0 Å². The minimum atomic E-state index is 0.0660. The fourth-order valence-corrected chi connectivity index (χ4v) is 2.52. The van der Waals surface area contributed by atoms with Crippen LogP contribution in [0.25, 0.3) is 0 Å². The van der Waals surface area contributed by atoms with Gasteiger partial charge in [0.15, 0.2) is 0 Å². The molecule has 1 saturated heterocycles. The van der Waals surface area contributed by atoms with E-state index in [2.05, 4.69) is 39.0 Å². The summed E-state index contributed by atoms with van der Waals surface area (Å²) in [6.45, 7) is 8.13. The fraction of sp³-hybridized carbons (Fsp3) is 0.571. The van der Waals surface area contributed by atoms with Gasteiger partial charge < -0.3 is 4.74 Å². The van der Waals surface area contributed by atoms with E-state index < -0.39 is 0 Å². The summed E-state index contributed by atoms with van der Waals surface area (Å²) < 4.78 is 5.35. The summed E-state index contributed by atoms with van der Waals surface area (Å²) in [5.41, 5.74) is 4.15. The third-order valence-corrected chi connectivity index (χ3v) is 4.02. The number of halogens is 1. The van der Waals surface area contributed by atoms with E-state index in [1.807, 2.05) is 0 Å². The Bertz CT molecular complexity index is 375. The molecule has 0 radical (unpaired) electrons. The number of alkyl halides is 1. The van der Waals surface area contributed by atoms with Gasteiger partial charge in [-0.05, 0) is 29.5 Å². The lowest BCUT2D eigenvalue weighted by molar-refractivity contribution is -0.0483. The Labute approximate surface area is 103 Å². The highest BCUT2D eigenvalue weighted by molar-refractivity contribution is 6.18. The molecule has 1 heterocycles. The molecule has 2 heteroatoms. The zero-order valence-electron chi connectivity index (χ0n) is 10.2. The smallest absolute Gasteiger partial charge is 0.0597 e. The zero-order valence-corrected chi connectivity index (χ0v) is 11.0. The summed E-state index contributed by atoms with van der Waals surface area (Å²) in [7, 11) is 0. The van der Waals surface area contributed by atoms with E-state index in [1.54, 1.807) is 0 Å². The maximum Gasteiger partial charge on any atom is 0.0597 e. The first kappa shape index (κ1) is 11.9. The summed E-state index contributed by atoms with van der Waals surface area (Å²) in [4.78, 5) is 0. The van der Waals surface area contributed by atoms with Crippen molar-refractivity contribution in [1.29, 1.82) is 0 Å². The maximum absolute atomic E-state index is 6.12. The van der Waals surface area contributed by atoms with Crippen LogP contribution in [-0.4, -0.2) is 19.1 Å². The van der Waals surface area contributed by atoms with E-state index in [0.29, 0.717) is 11.8 Å². The second-order valence-electron chi connectivity index (χ2n) is 5.14. The minimum Gasteiger partial charge on any atom is -0.379 e. The van der Waals surface area contributed by atoms with Gasteiger partial charge in [-0.3, -0.25) is 0 Å². The van der Waals surface area contributed by atoms with E-state index in [4.69, 9.17) is 16.3 Å². The molecule has 1 aromatic rings. The van der Waals surface area contributed by atoms with Gasteiger partial charge in [0.25, 0.3) is 0 Å². The zero-order chi connectivity index (χ0) is 11.8. The predicted octanol–water partition coefficient (Wildman–Crippen LogP) is 3.63. The van der Waals surface area contributed by atoms with Gasteiger partial charge >= 0.3 is 0 Å². The predicted molar refractivity (Wildman–Crippen MR) is 68.5 cm³/mol. The van der Waals surface area contributed by atoms with Crippen molar-refractivity contribution in [3.8, 4) is 0 Å². The lowest BCUT2D eigenvalue weighted by Crippen LogP contribution is -2.48. The molecule has 0 aliphatic carbocycles. The number of ether oxygens (including phenoxy) is 1. The average Bonchev–Trinajstić information content (AvgIpc) is 2.19. The van der Waals surface area contributed by atoms with Crippen LogP contribution in [0.3, 0.4) is 0 Å². The van der Waals surface area contributed by atoms with Crippen molar-refractivity contribution in [2.75, 3.05) is 19.1 Å². The highest BCUT2D eigenvalue weighted by Gasteiger charge is 2.40. The van der Waals surface area contributed by atoms with Gasteiger partial charge in [0.2, 0.25) is 0 Å². The summed E-state index contributed by atoms with van der Waals surface area (Å²) >= 11 is 6.12. The summed E-state index contributed by atoms with van der Waals surface area (Å²) in [5, 5.41) is 0. The van der Waals surface area contributed by atoms with E-state index in [-0.39, 0.29) is 5.41 Å². The molecular weight excluding hydrogens is 220 g/mol. The second kappa shape index (κ2) is 4.38. The molecule has 1 aliphatic rings. The first-order chi connectivity index (χ1) is 7.59. The molecule has 16 heavy (non-hydrogen) atoms. The molecule has 1 aromatic carbocycles. The molecule has 0 bridgehead atoms. The number of benzene rings is 1. The minimum absolute atomic E-state index is 0.0660. The van der Waals surface area contributed by atoms with E-state index in [9.17, 15) is 0 Å². The Kier molecular flexibility index (Phi) is 3.27. The molecule has 0 spiro atoms. The molecular formula is C14H19ClO. The third-order valence-electron chi connectivity index (χ3n) is 3.51.